The number of nitro groups is 1. The minimum absolute atomic E-state index is 0.276. The van der Waals surface area contributed by atoms with Crippen LogP contribution in [0, 0.1) is 10.1 Å². The van der Waals surface area contributed by atoms with Gasteiger partial charge in [0.05, 0.1) is 0 Å². The summed E-state index contributed by atoms with van der Waals surface area (Å²) in [4.78, 5) is 8.67. The maximum Gasteiger partial charge on any atom is 0.291 e. The monoisotopic (exact) mass is 259 g/mol. The van der Waals surface area contributed by atoms with E-state index in [1.807, 2.05) is 30.3 Å². The number of halogens is 1. The molecule has 4 nitrogen and oxygen atoms in total. The fourth-order valence-corrected chi connectivity index (χ4v) is 1.28. The normalized spacial score (nSPS) is 14.7. The summed E-state index contributed by atoms with van der Waals surface area (Å²) in [7, 11) is 0. The summed E-state index contributed by atoms with van der Waals surface area (Å²) in [5, 5.41) is 19.8. The van der Waals surface area contributed by atoms with E-state index in [2.05, 4.69) is 15.9 Å². The lowest BCUT2D eigenvalue weighted by Gasteiger charge is -2.10. The molecular formula is C9H10BrNO3. The molecule has 1 N–H and O–H groups in total. The summed E-state index contributed by atoms with van der Waals surface area (Å²) in [5.74, 6) is 0. The molecule has 1 aromatic carbocycles. The molecule has 0 fully saturated rings. The van der Waals surface area contributed by atoms with Crippen LogP contribution in [0.5, 0.6) is 0 Å². The van der Waals surface area contributed by atoms with Gasteiger partial charge < -0.3 is 5.11 Å². The number of rotatable bonds is 4. The molecule has 0 radical (unpaired) electrons. The van der Waals surface area contributed by atoms with Crippen LogP contribution >= 0.6 is 15.9 Å². The zero-order valence-corrected chi connectivity index (χ0v) is 8.92. The molecule has 0 amide bonds. The van der Waals surface area contributed by atoms with Crippen molar-refractivity contribution in [2.24, 2.45) is 0 Å². The molecule has 1 rings (SSSR count). The molecule has 0 aromatic heterocycles. The topological polar surface area (TPSA) is 63.4 Å². The first-order valence-electron chi connectivity index (χ1n) is 4.11. The Morgan fingerprint density at radius 2 is 2.00 bits per heavy atom. The fraction of sp³-hybridized carbons (Fsp3) is 0.333. The molecule has 1 aromatic rings. The quantitative estimate of drug-likeness (QED) is 0.387. The van der Waals surface area contributed by atoms with Crippen molar-refractivity contribution >= 4 is 15.9 Å². The molecule has 0 aliphatic heterocycles. The summed E-state index contributed by atoms with van der Waals surface area (Å²) in [6, 6.07) is 9.16. The van der Waals surface area contributed by atoms with Crippen molar-refractivity contribution in [1.29, 1.82) is 0 Å². The molecule has 0 saturated carbocycles. The van der Waals surface area contributed by atoms with Gasteiger partial charge in [0.1, 0.15) is 6.10 Å². The van der Waals surface area contributed by atoms with Crippen LogP contribution in [-0.2, 0) is 6.42 Å². The number of nitrogens with zero attached hydrogens (tertiary/aromatic N) is 1. The van der Waals surface area contributed by atoms with Gasteiger partial charge in [0, 0.05) is 11.3 Å². The Morgan fingerprint density at radius 3 is 2.50 bits per heavy atom. The summed E-state index contributed by atoms with van der Waals surface area (Å²) >= 11 is 2.82. The SMILES string of the molecule is O=[N+]([O-])C(Br)C(O)Cc1ccccc1. The van der Waals surface area contributed by atoms with Crippen LogP contribution in [-0.4, -0.2) is 21.1 Å². The van der Waals surface area contributed by atoms with Crippen molar-refractivity contribution in [2.75, 3.05) is 0 Å². The molecular weight excluding hydrogens is 250 g/mol. The summed E-state index contributed by atoms with van der Waals surface area (Å²) in [6.45, 7) is 0. The largest absolute Gasteiger partial charge is 0.385 e. The van der Waals surface area contributed by atoms with Gasteiger partial charge in [-0.15, -0.1) is 0 Å². The lowest BCUT2D eigenvalue weighted by atomic mass is 10.1. The third-order valence-electron chi connectivity index (χ3n) is 1.81. The van der Waals surface area contributed by atoms with Crippen molar-refractivity contribution in [2.45, 2.75) is 17.5 Å². The number of alkyl halides is 1. The van der Waals surface area contributed by atoms with Gasteiger partial charge in [-0.3, -0.25) is 10.1 Å². The van der Waals surface area contributed by atoms with E-state index in [1.54, 1.807) is 0 Å². The van der Waals surface area contributed by atoms with E-state index in [9.17, 15) is 15.2 Å². The highest BCUT2D eigenvalue weighted by molar-refractivity contribution is 9.09. The van der Waals surface area contributed by atoms with Gasteiger partial charge in [-0.1, -0.05) is 30.3 Å². The smallest absolute Gasteiger partial charge is 0.291 e. The molecule has 2 atom stereocenters. The number of aliphatic hydroxyl groups excluding tert-OH is 1. The first-order chi connectivity index (χ1) is 6.61. The second kappa shape index (κ2) is 5.07. The van der Waals surface area contributed by atoms with E-state index in [4.69, 9.17) is 0 Å². The highest BCUT2D eigenvalue weighted by Gasteiger charge is 2.26. The Kier molecular flexibility index (Phi) is 4.03. The van der Waals surface area contributed by atoms with Crippen LogP contribution in [0.25, 0.3) is 0 Å². The average molecular weight is 260 g/mol. The number of hydrogen-bond donors (Lipinski definition) is 1. The molecule has 0 saturated heterocycles. The minimum Gasteiger partial charge on any atom is -0.385 e. The van der Waals surface area contributed by atoms with E-state index < -0.39 is 16.0 Å². The molecule has 5 heteroatoms. The second-order valence-corrected chi connectivity index (χ2v) is 3.85. The van der Waals surface area contributed by atoms with Gasteiger partial charge >= 0.3 is 0 Å². The Hall–Kier alpha value is -0.940. The molecule has 0 spiro atoms. The van der Waals surface area contributed by atoms with Crippen molar-refractivity contribution < 1.29 is 10.0 Å². The van der Waals surface area contributed by atoms with E-state index in [1.165, 1.54) is 0 Å². The molecule has 14 heavy (non-hydrogen) atoms. The average Bonchev–Trinajstić information content (AvgIpc) is 2.18. The van der Waals surface area contributed by atoms with Gasteiger partial charge in [0.25, 0.3) is 4.95 Å². The van der Waals surface area contributed by atoms with Crippen molar-refractivity contribution in [3.8, 4) is 0 Å². The van der Waals surface area contributed by atoms with Crippen molar-refractivity contribution in [3.05, 3.63) is 46.0 Å². The van der Waals surface area contributed by atoms with Crippen molar-refractivity contribution in [1.82, 2.24) is 0 Å². The van der Waals surface area contributed by atoms with Gasteiger partial charge in [-0.05, 0) is 21.5 Å². The second-order valence-electron chi connectivity index (χ2n) is 2.92. The van der Waals surface area contributed by atoms with Gasteiger partial charge in [-0.25, -0.2) is 0 Å². The Bertz CT molecular complexity index is 304. The Labute approximate surface area is 89.8 Å². The maximum atomic E-state index is 10.3. The van der Waals surface area contributed by atoms with E-state index in [0.29, 0.717) is 0 Å². The maximum absolute atomic E-state index is 10.3. The standard InChI is InChI=1S/C9H10BrNO3/c10-9(11(13)14)8(12)6-7-4-2-1-3-5-7/h1-5,8-9,12H,6H2. The van der Waals surface area contributed by atoms with Gasteiger partial charge in [0.15, 0.2) is 0 Å². The minimum atomic E-state index is -1.11. The predicted octanol–water partition coefficient (Wildman–Crippen LogP) is 1.59. The molecule has 0 bridgehead atoms. The van der Waals surface area contributed by atoms with Crippen LogP contribution in [0.2, 0.25) is 0 Å². The van der Waals surface area contributed by atoms with Crippen LogP contribution < -0.4 is 0 Å². The highest BCUT2D eigenvalue weighted by atomic mass is 79.9. The van der Waals surface area contributed by atoms with Crippen LogP contribution in [0.4, 0.5) is 0 Å². The molecule has 0 aliphatic rings. The third-order valence-corrected chi connectivity index (χ3v) is 2.75. The van der Waals surface area contributed by atoms with E-state index in [-0.39, 0.29) is 6.42 Å². The molecule has 0 heterocycles. The number of hydrogen-bond acceptors (Lipinski definition) is 3. The highest BCUT2D eigenvalue weighted by Crippen LogP contribution is 2.12. The summed E-state index contributed by atoms with van der Waals surface area (Å²) in [6.07, 6.45) is -0.732. The number of benzene rings is 1. The van der Waals surface area contributed by atoms with Gasteiger partial charge in [0.2, 0.25) is 0 Å². The lowest BCUT2D eigenvalue weighted by molar-refractivity contribution is -0.503. The first kappa shape index (κ1) is 11.1. The van der Waals surface area contributed by atoms with Crippen LogP contribution in [0.15, 0.2) is 30.3 Å². The number of aliphatic hydroxyl groups is 1. The first-order valence-corrected chi connectivity index (χ1v) is 5.02. The van der Waals surface area contributed by atoms with E-state index >= 15 is 0 Å². The zero-order chi connectivity index (χ0) is 10.6. The van der Waals surface area contributed by atoms with Crippen molar-refractivity contribution in [3.63, 3.8) is 0 Å². The molecule has 0 aliphatic carbocycles. The fourth-order valence-electron chi connectivity index (χ4n) is 1.09. The predicted molar refractivity (Wildman–Crippen MR) is 55.9 cm³/mol. The molecule has 2 unspecified atom stereocenters. The van der Waals surface area contributed by atoms with Crippen LogP contribution in [0.1, 0.15) is 5.56 Å². The van der Waals surface area contributed by atoms with E-state index in [0.717, 1.165) is 5.56 Å². The third kappa shape index (κ3) is 3.08. The Balaban J connectivity index is 2.57. The van der Waals surface area contributed by atoms with Gasteiger partial charge in [-0.2, -0.15) is 0 Å². The summed E-state index contributed by atoms with van der Waals surface area (Å²) in [5.41, 5.74) is 0.881. The zero-order valence-electron chi connectivity index (χ0n) is 7.34. The molecule has 76 valence electrons. The lowest BCUT2D eigenvalue weighted by Crippen LogP contribution is -2.29. The summed E-state index contributed by atoms with van der Waals surface area (Å²) < 4.78 is 0. The van der Waals surface area contributed by atoms with Crippen LogP contribution in [0.3, 0.4) is 0 Å². The Morgan fingerprint density at radius 1 is 1.43 bits per heavy atom.